The highest BCUT2D eigenvalue weighted by molar-refractivity contribution is 6.45. The smallest absolute Gasteiger partial charge is 0.304 e. The average molecular weight is 338 g/mol. The minimum absolute atomic E-state index is 0.0105. The van der Waals surface area contributed by atoms with E-state index in [2.05, 4.69) is 5.16 Å². The number of hydrogen-bond acceptors (Lipinski definition) is 6. The third-order valence-electron chi connectivity index (χ3n) is 3.33. The van der Waals surface area contributed by atoms with Crippen molar-refractivity contribution in [1.29, 1.82) is 5.26 Å². The molecular weight excluding hydrogens is 322 g/mol. The van der Waals surface area contributed by atoms with E-state index in [4.69, 9.17) is 20.9 Å². The van der Waals surface area contributed by atoms with Gasteiger partial charge in [0.25, 0.3) is 5.91 Å². The molecule has 1 amide bonds. The highest BCUT2D eigenvalue weighted by atomic mass is 35.5. The maximum atomic E-state index is 12.4. The molecule has 2 rings (SSSR count). The zero-order valence-electron chi connectivity index (χ0n) is 13.4. The molecule has 1 aromatic heterocycles. The molecule has 8 heteroatoms. The molecule has 0 saturated heterocycles. The van der Waals surface area contributed by atoms with Crippen LogP contribution in [-0.4, -0.2) is 23.3 Å². The summed E-state index contributed by atoms with van der Waals surface area (Å²) in [4.78, 5) is 24.8. The maximum Gasteiger partial charge on any atom is 0.304 e. The van der Waals surface area contributed by atoms with Crippen molar-refractivity contribution in [3.63, 3.8) is 0 Å². The Hall–Kier alpha value is -2.33. The first-order chi connectivity index (χ1) is 10.6. The van der Waals surface area contributed by atoms with E-state index in [9.17, 15) is 14.9 Å². The summed E-state index contributed by atoms with van der Waals surface area (Å²) < 4.78 is 10.4. The second kappa shape index (κ2) is 5.70. The number of nitrogens with zero attached hydrogens (tertiary/aromatic N) is 3. The predicted octanol–water partition coefficient (Wildman–Crippen LogP) is 2.59. The lowest BCUT2D eigenvalue weighted by molar-refractivity contribution is -0.144. The number of rotatable bonds is 2. The SMILES string of the molecule is CC(=O)OC1C(C)=C(Cl)C(=O)N1c1noc(C(C)(C)C)c1C#N. The zero-order valence-corrected chi connectivity index (χ0v) is 14.2. The van der Waals surface area contributed by atoms with Crippen LogP contribution in [0, 0.1) is 11.3 Å². The Labute approximate surface area is 138 Å². The number of hydrogen-bond donors (Lipinski definition) is 0. The number of nitriles is 1. The van der Waals surface area contributed by atoms with Crippen molar-refractivity contribution >= 4 is 29.3 Å². The van der Waals surface area contributed by atoms with Crippen molar-refractivity contribution in [3.05, 3.63) is 21.9 Å². The van der Waals surface area contributed by atoms with Gasteiger partial charge < -0.3 is 9.26 Å². The van der Waals surface area contributed by atoms with Crippen molar-refractivity contribution in [3.8, 4) is 6.07 Å². The van der Waals surface area contributed by atoms with Crippen LogP contribution in [0.4, 0.5) is 5.82 Å². The number of halogens is 1. The number of esters is 1. The van der Waals surface area contributed by atoms with E-state index in [0.29, 0.717) is 11.3 Å². The normalized spacial score (nSPS) is 18.4. The van der Waals surface area contributed by atoms with Crippen LogP contribution in [-0.2, 0) is 19.7 Å². The second-order valence-electron chi connectivity index (χ2n) is 6.21. The van der Waals surface area contributed by atoms with Crippen LogP contribution in [0.1, 0.15) is 45.9 Å². The van der Waals surface area contributed by atoms with Gasteiger partial charge in [0, 0.05) is 17.9 Å². The predicted molar refractivity (Wildman–Crippen MR) is 81.5 cm³/mol. The lowest BCUT2D eigenvalue weighted by Crippen LogP contribution is -2.39. The molecule has 0 aliphatic carbocycles. The van der Waals surface area contributed by atoms with Crippen LogP contribution in [0.15, 0.2) is 15.1 Å². The van der Waals surface area contributed by atoms with Crippen molar-refractivity contribution in [2.24, 2.45) is 0 Å². The molecule has 0 radical (unpaired) electrons. The van der Waals surface area contributed by atoms with E-state index in [-0.39, 0.29) is 16.4 Å². The van der Waals surface area contributed by atoms with Gasteiger partial charge in [-0.1, -0.05) is 37.5 Å². The number of anilines is 1. The Bertz CT molecular complexity index is 752. The van der Waals surface area contributed by atoms with Gasteiger partial charge in [-0.2, -0.15) is 5.26 Å². The topological polar surface area (TPSA) is 96.4 Å². The van der Waals surface area contributed by atoms with Gasteiger partial charge in [-0.05, 0) is 6.92 Å². The molecule has 0 aromatic carbocycles. The summed E-state index contributed by atoms with van der Waals surface area (Å²) in [7, 11) is 0. The molecule has 7 nitrogen and oxygen atoms in total. The van der Waals surface area contributed by atoms with Gasteiger partial charge in [0.05, 0.1) is 0 Å². The third-order valence-corrected chi connectivity index (χ3v) is 3.79. The Balaban J connectivity index is 2.57. The summed E-state index contributed by atoms with van der Waals surface area (Å²) >= 11 is 5.98. The van der Waals surface area contributed by atoms with Crippen LogP contribution in [0.3, 0.4) is 0 Å². The van der Waals surface area contributed by atoms with E-state index >= 15 is 0 Å². The molecule has 2 heterocycles. The minimum Gasteiger partial charge on any atom is -0.437 e. The van der Waals surface area contributed by atoms with Crippen molar-refractivity contribution in [2.45, 2.75) is 46.3 Å². The van der Waals surface area contributed by atoms with Gasteiger partial charge >= 0.3 is 5.97 Å². The fourth-order valence-corrected chi connectivity index (χ4v) is 2.43. The molecule has 0 bridgehead atoms. The first kappa shape index (κ1) is 17.0. The Kier molecular flexibility index (Phi) is 4.22. The minimum atomic E-state index is -1.04. The van der Waals surface area contributed by atoms with E-state index in [1.807, 2.05) is 26.8 Å². The number of aromatic nitrogens is 1. The Morgan fingerprint density at radius 3 is 2.57 bits per heavy atom. The monoisotopic (exact) mass is 337 g/mol. The number of carbonyl (C=O) groups excluding carboxylic acids is 2. The van der Waals surface area contributed by atoms with E-state index in [0.717, 1.165) is 4.90 Å². The Morgan fingerprint density at radius 2 is 2.09 bits per heavy atom. The molecular formula is C15H16ClN3O4. The van der Waals surface area contributed by atoms with Crippen LogP contribution in [0.2, 0.25) is 0 Å². The average Bonchev–Trinajstić information content (AvgIpc) is 2.94. The number of amides is 1. The van der Waals surface area contributed by atoms with Gasteiger partial charge in [0.1, 0.15) is 16.7 Å². The van der Waals surface area contributed by atoms with Crippen LogP contribution < -0.4 is 4.90 Å². The molecule has 1 aromatic rings. The summed E-state index contributed by atoms with van der Waals surface area (Å²) in [5, 5.41) is 13.2. The zero-order chi connectivity index (χ0) is 17.5. The van der Waals surface area contributed by atoms with Gasteiger partial charge in [-0.25, -0.2) is 4.90 Å². The molecule has 122 valence electrons. The molecule has 1 aliphatic rings. The summed E-state index contributed by atoms with van der Waals surface area (Å²) in [6.07, 6.45) is -1.04. The van der Waals surface area contributed by atoms with Crippen LogP contribution in [0.25, 0.3) is 0 Å². The lowest BCUT2D eigenvalue weighted by atomic mass is 9.90. The highest BCUT2D eigenvalue weighted by Crippen LogP contribution is 2.38. The standard InChI is InChI=1S/C15H16ClN3O4/c1-7-10(16)13(21)19(14(7)22-8(2)20)12-9(6-17)11(23-18-12)15(3,4)5/h14H,1-5H3. The van der Waals surface area contributed by atoms with Gasteiger partial charge in [0.15, 0.2) is 5.76 Å². The fraction of sp³-hybridized carbons (Fsp3) is 0.467. The van der Waals surface area contributed by atoms with Crippen molar-refractivity contribution < 1.29 is 18.8 Å². The summed E-state index contributed by atoms with van der Waals surface area (Å²) in [5.74, 6) is -0.856. The third kappa shape index (κ3) is 2.82. The molecule has 23 heavy (non-hydrogen) atoms. The van der Waals surface area contributed by atoms with E-state index < -0.39 is 23.5 Å². The molecule has 0 saturated carbocycles. The maximum absolute atomic E-state index is 12.4. The van der Waals surface area contributed by atoms with Gasteiger partial charge in [-0.15, -0.1) is 0 Å². The van der Waals surface area contributed by atoms with Gasteiger partial charge in [-0.3, -0.25) is 9.59 Å². The first-order valence-electron chi connectivity index (χ1n) is 6.87. The van der Waals surface area contributed by atoms with E-state index in [1.165, 1.54) is 6.92 Å². The molecule has 0 N–H and O–H groups in total. The van der Waals surface area contributed by atoms with E-state index in [1.54, 1.807) is 6.92 Å². The number of carbonyl (C=O) groups is 2. The van der Waals surface area contributed by atoms with Gasteiger partial charge in [0.2, 0.25) is 12.0 Å². The summed E-state index contributed by atoms with van der Waals surface area (Å²) in [6.45, 7) is 8.35. The molecule has 0 fully saturated rings. The highest BCUT2D eigenvalue weighted by Gasteiger charge is 2.43. The first-order valence-corrected chi connectivity index (χ1v) is 7.24. The molecule has 1 aliphatic heterocycles. The second-order valence-corrected chi connectivity index (χ2v) is 6.58. The quantitative estimate of drug-likeness (QED) is 0.769. The molecule has 1 atom stereocenters. The number of ether oxygens (including phenoxy) is 1. The lowest BCUT2D eigenvalue weighted by Gasteiger charge is -2.23. The Morgan fingerprint density at radius 1 is 1.48 bits per heavy atom. The summed E-state index contributed by atoms with van der Waals surface area (Å²) in [6, 6.07) is 2.00. The van der Waals surface area contributed by atoms with Crippen LogP contribution in [0.5, 0.6) is 0 Å². The summed E-state index contributed by atoms with van der Waals surface area (Å²) in [5.41, 5.74) is 0.000629. The van der Waals surface area contributed by atoms with Crippen molar-refractivity contribution in [1.82, 2.24) is 5.16 Å². The molecule has 0 spiro atoms. The van der Waals surface area contributed by atoms with Crippen LogP contribution >= 0.6 is 11.6 Å². The van der Waals surface area contributed by atoms with Crippen molar-refractivity contribution in [2.75, 3.05) is 4.90 Å². The fourth-order valence-electron chi connectivity index (χ4n) is 2.25. The largest absolute Gasteiger partial charge is 0.437 e. The molecule has 1 unspecified atom stereocenters.